The van der Waals surface area contributed by atoms with Gasteiger partial charge in [0.1, 0.15) is 33.9 Å². The van der Waals surface area contributed by atoms with E-state index in [2.05, 4.69) is 26.0 Å². The van der Waals surface area contributed by atoms with Gasteiger partial charge >= 0.3 is 6.18 Å². The zero-order chi connectivity index (χ0) is 26.2. The van der Waals surface area contributed by atoms with Crippen molar-refractivity contribution in [2.45, 2.75) is 25.4 Å². The molecule has 3 N–H and O–H groups in total. The fourth-order valence-corrected chi connectivity index (χ4v) is 4.66. The van der Waals surface area contributed by atoms with Gasteiger partial charge < -0.3 is 10.8 Å². The molecule has 12 heteroatoms. The number of alkyl halides is 3. The predicted molar refractivity (Wildman–Crippen MR) is 125 cm³/mol. The first-order valence-electron chi connectivity index (χ1n) is 10.6. The number of nitrogen functional groups attached to an aromatic ring is 1. The summed E-state index contributed by atoms with van der Waals surface area (Å²) >= 11 is 3.42. The van der Waals surface area contributed by atoms with Gasteiger partial charge in [-0.15, -0.1) is 0 Å². The number of hydrogen-bond acceptors (Lipinski definition) is 5. The van der Waals surface area contributed by atoms with Gasteiger partial charge in [0.2, 0.25) is 0 Å². The number of aliphatic hydroxyl groups is 1. The van der Waals surface area contributed by atoms with Crippen molar-refractivity contribution in [3.63, 3.8) is 0 Å². The summed E-state index contributed by atoms with van der Waals surface area (Å²) in [5.74, 6) is -2.22. The Kier molecular flexibility index (Phi) is 7.10. The molecule has 2 aromatic heterocycles. The molecular weight excluding hydrogens is 551 g/mol. The summed E-state index contributed by atoms with van der Waals surface area (Å²) in [5.41, 5.74) is 6.44. The second-order valence-corrected chi connectivity index (χ2v) is 8.78. The number of hydrogen-bond donors (Lipinski definition) is 2. The lowest BCUT2D eigenvalue weighted by atomic mass is 9.96. The maximum atomic E-state index is 15.1. The van der Waals surface area contributed by atoms with Crippen LogP contribution in [0, 0.1) is 11.6 Å². The molecule has 4 aromatic rings. The molecule has 36 heavy (non-hydrogen) atoms. The third kappa shape index (κ3) is 4.96. The minimum absolute atomic E-state index is 0.00774. The molecule has 0 saturated carbocycles. The van der Waals surface area contributed by atoms with Crippen LogP contribution in [0.5, 0.6) is 0 Å². The smallest absolute Gasteiger partial charge is 0.396 e. The molecule has 2 aromatic carbocycles. The highest BCUT2D eigenvalue weighted by molar-refractivity contribution is 9.10. The minimum atomic E-state index is -4.69. The Labute approximate surface area is 209 Å². The van der Waals surface area contributed by atoms with Crippen LogP contribution in [0.4, 0.5) is 27.8 Å². The molecule has 0 atom stereocenters. The van der Waals surface area contributed by atoms with Crippen molar-refractivity contribution in [2.75, 3.05) is 12.3 Å². The number of fused-ring (bicyclic) bond motifs is 1. The van der Waals surface area contributed by atoms with Gasteiger partial charge in [-0.05, 0) is 68.9 Å². The number of benzene rings is 2. The van der Waals surface area contributed by atoms with Gasteiger partial charge in [-0.2, -0.15) is 18.3 Å². The summed E-state index contributed by atoms with van der Waals surface area (Å²) in [5, 5.41) is 13.6. The molecule has 4 rings (SSSR count). The van der Waals surface area contributed by atoms with Crippen molar-refractivity contribution in [3.05, 3.63) is 81.2 Å². The van der Waals surface area contributed by atoms with Crippen molar-refractivity contribution >= 4 is 33.0 Å². The normalized spacial score (nSPS) is 11.9. The summed E-state index contributed by atoms with van der Waals surface area (Å²) in [4.78, 5) is 16.5. The van der Waals surface area contributed by atoms with Gasteiger partial charge in [-0.1, -0.05) is 12.1 Å². The zero-order valence-corrected chi connectivity index (χ0v) is 20.0. The SMILES string of the molecule is Nc1ncnn2c(Br)c(CCO)c(-c3ccc(CC(=O)Cc4cc(C(F)(F)F)ccc4F)c(F)c3)c12. The lowest BCUT2D eigenvalue weighted by Gasteiger charge is -2.10. The van der Waals surface area contributed by atoms with E-state index in [1.807, 2.05) is 0 Å². The largest absolute Gasteiger partial charge is 0.416 e. The van der Waals surface area contributed by atoms with Crippen molar-refractivity contribution < 1.29 is 31.9 Å². The van der Waals surface area contributed by atoms with Crippen LogP contribution < -0.4 is 5.73 Å². The summed E-state index contributed by atoms with van der Waals surface area (Å²) in [6, 6.07) is 5.92. The Balaban J connectivity index is 1.64. The Morgan fingerprint density at radius 2 is 1.78 bits per heavy atom. The molecule has 0 spiro atoms. The quantitative estimate of drug-likeness (QED) is 0.308. The number of carbonyl (C=O) groups excluding carboxylic acids is 1. The number of carbonyl (C=O) groups is 1. The molecule has 0 aliphatic carbocycles. The highest BCUT2D eigenvalue weighted by Crippen LogP contribution is 2.38. The fraction of sp³-hybridized carbons (Fsp3) is 0.208. The lowest BCUT2D eigenvalue weighted by molar-refractivity contribution is -0.137. The molecule has 188 valence electrons. The van der Waals surface area contributed by atoms with Crippen molar-refractivity contribution in [2.24, 2.45) is 0 Å². The first-order chi connectivity index (χ1) is 17.0. The molecule has 2 heterocycles. The van der Waals surface area contributed by atoms with Crippen LogP contribution in [-0.2, 0) is 30.2 Å². The van der Waals surface area contributed by atoms with E-state index in [1.54, 1.807) is 6.07 Å². The van der Waals surface area contributed by atoms with Crippen LogP contribution in [-0.4, -0.2) is 32.1 Å². The van der Waals surface area contributed by atoms with Gasteiger partial charge in [0, 0.05) is 25.0 Å². The first-order valence-corrected chi connectivity index (χ1v) is 11.4. The van der Waals surface area contributed by atoms with Crippen molar-refractivity contribution in [3.8, 4) is 11.1 Å². The number of ketones is 1. The van der Waals surface area contributed by atoms with E-state index >= 15 is 4.39 Å². The average molecular weight is 569 g/mol. The Morgan fingerprint density at radius 3 is 2.44 bits per heavy atom. The molecule has 0 fully saturated rings. The fourth-order valence-electron chi connectivity index (χ4n) is 3.99. The number of halogens is 6. The lowest BCUT2D eigenvalue weighted by Crippen LogP contribution is -2.11. The number of anilines is 1. The van der Waals surface area contributed by atoms with Crippen LogP contribution in [0.15, 0.2) is 47.3 Å². The van der Waals surface area contributed by atoms with Gasteiger partial charge in [-0.25, -0.2) is 18.3 Å². The standard InChI is InChI=1S/C24H18BrF5N4O2/c25-22-17(5-6-35)20(21-23(31)32-11-33-34(21)22)13-2-1-12(19(27)10-13)8-16(36)9-14-7-15(24(28,29)30)3-4-18(14)26/h1-4,7,10-11,35H,5-6,8-9H2,(H2,31,32,33). The summed E-state index contributed by atoms with van der Waals surface area (Å²) in [7, 11) is 0. The second kappa shape index (κ2) is 9.94. The molecule has 0 amide bonds. The van der Waals surface area contributed by atoms with Crippen LogP contribution in [0.25, 0.3) is 16.6 Å². The Hall–Kier alpha value is -3.38. The third-order valence-corrected chi connectivity index (χ3v) is 6.46. The Bertz CT molecular complexity index is 1470. The number of rotatable bonds is 7. The van der Waals surface area contributed by atoms with Gasteiger partial charge in [0.05, 0.1) is 5.56 Å². The topological polar surface area (TPSA) is 93.5 Å². The molecule has 0 aliphatic rings. The monoisotopic (exact) mass is 568 g/mol. The third-order valence-electron chi connectivity index (χ3n) is 5.64. The van der Waals surface area contributed by atoms with E-state index in [0.717, 1.165) is 0 Å². The van der Waals surface area contributed by atoms with Crippen molar-refractivity contribution in [1.29, 1.82) is 0 Å². The van der Waals surface area contributed by atoms with Crippen LogP contribution in [0.3, 0.4) is 0 Å². The van der Waals surface area contributed by atoms with Crippen LogP contribution in [0.1, 0.15) is 22.3 Å². The molecule has 0 bridgehead atoms. The highest BCUT2D eigenvalue weighted by Gasteiger charge is 2.31. The van der Waals surface area contributed by atoms with Crippen LogP contribution >= 0.6 is 15.9 Å². The van der Waals surface area contributed by atoms with E-state index < -0.39 is 47.6 Å². The molecule has 0 unspecified atom stereocenters. The molecule has 0 radical (unpaired) electrons. The summed E-state index contributed by atoms with van der Waals surface area (Å²) in [6.07, 6.45) is -4.29. The second-order valence-electron chi connectivity index (χ2n) is 8.03. The average Bonchev–Trinajstić information content (AvgIpc) is 3.09. The number of aromatic nitrogens is 3. The van der Waals surface area contributed by atoms with E-state index in [0.29, 0.717) is 45.0 Å². The van der Waals surface area contributed by atoms with E-state index in [9.17, 15) is 27.5 Å². The predicted octanol–water partition coefficient (Wildman–Crippen LogP) is 4.93. The number of nitrogens with two attached hydrogens (primary N) is 1. The number of Topliss-reactive ketones (excluding diaryl/α,β-unsaturated/α-hetero) is 1. The Morgan fingerprint density at radius 1 is 1.06 bits per heavy atom. The van der Waals surface area contributed by atoms with Gasteiger partial charge in [-0.3, -0.25) is 4.79 Å². The highest BCUT2D eigenvalue weighted by atomic mass is 79.9. The van der Waals surface area contributed by atoms with Gasteiger partial charge in [0.15, 0.2) is 5.82 Å². The van der Waals surface area contributed by atoms with E-state index in [-0.39, 0.29) is 24.4 Å². The summed E-state index contributed by atoms with van der Waals surface area (Å²) < 4.78 is 69.8. The van der Waals surface area contributed by atoms with E-state index in [4.69, 9.17) is 5.73 Å². The number of nitrogens with zero attached hydrogens (tertiary/aromatic N) is 3. The number of aliphatic hydroxyl groups excluding tert-OH is 1. The minimum Gasteiger partial charge on any atom is -0.396 e. The molecular formula is C24H18BrF5N4O2. The van der Waals surface area contributed by atoms with Gasteiger partial charge in [0.25, 0.3) is 0 Å². The van der Waals surface area contributed by atoms with Crippen LogP contribution in [0.2, 0.25) is 0 Å². The van der Waals surface area contributed by atoms with Crippen molar-refractivity contribution in [1.82, 2.24) is 14.6 Å². The molecule has 6 nitrogen and oxygen atoms in total. The maximum absolute atomic E-state index is 15.1. The maximum Gasteiger partial charge on any atom is 0.416 e. The zero-order valence-electron chi connectivity index (χ0n) is 18.4. The first kappa shape index (κ1) is 25.7. The summed E-state index contributed by atoms with van der Waals surface area (Å²) in [6.45, 7) is -0.197. The molecule has 0 saturated heterocycles. The molecule has 0 aliphatic heterocycles. The van der Waals surface area contributed by atoms with E-state index in [1.165, 1.54) is 23.0 Å².